The number of halogens is 1. The van der Waals surface area contributed by atoms with Gasteiger partial charge in [-0.25, -0.2) is 4.39 Å². The summed E-state index contributed by atoms with van der Waals surface area (Å²) < 4.78 is 19.8. The van der Waals surface area contributed by atoms with Gasteiger partial charge in [0, 0.05) is 23.2 Å². The summed E-state index contributed by atoms with van der Waals surface area (Å²) in [5, 5.41) is 12.3. The molecule has 6 nitrogen and oxygen atoms in total. The maximum atomic E-state index is 13.6. The van der Waals surface area contributed by atoms with Crippen molar-refractivity contribution in [3.8, 4) is 0 Å². The van der Waals surface area contributed by atoms with Crippen LogP contribution in [-0.4, -0.2) is 46.6 Å². The summed E-state index contributed by atoms with van der Waals surface area (Å²) in [6.07, 6.45) is 4.63. The Morgan fingerprint density at radius 2 is 1.97 bits per heavy atom. The Kier molecular flexibility index (Phi) is 5.52. The molecule has 0 radical (unpaired) electrons. The van der Waals surface area contributed by atoms with E-state index in [1.807, 2.05) is 32.1 Å². The molecule has 2 N–H and O–H groups in total. The van der Waals surface area contributed by atoms with E-state index in [-0.39, 0.29) is 24.5 Å². The second kappa shape index (κ2) is 8.40. The molecule has 1 fully saturated rings. The van der Waals surface area contributed by atoms with Crippen molar-refractivity contribution in [2.75, 3.05) is 18.5 Å². The molecule has 5 rings (SSSR count). The highest BCUT2D eigenvalue weighted by molar-refractivity contribution is 6.32. The maximum Gasteiger partial charge on any atom is 0.260 e. The molecule has 1 saturated heterocycles. The highest BCUT2D eigenvalue weighted by Gasteiger charge is 2.38. The van der Waals surface area contributed by atoms with E-state index in [4.69, 9.17) is 4.74 Å². The average molecular weight is 463 g/mol. The van der Waals surface area contributed by atoms with Gasteiger partial charge in [-0.2, -0.15) is 0 Å². The summed E-state index contributed by atoms with van der Waals surface area (Å²) >= 11 is 0. The topological polar surface area (TPSA) is 78.9 Å². The van der Waals surface area contributed by atoms with Gasteiger partial charge in [-0.3, -0.25) is 9.59 Å². The van der Waals surface area contributed by atoms with E-state index in [0.29, 0.717) is 34.7 Å². The molecule has 34 heavy (non-hydrogen) atoms. The zero-order chi connectivity index (χ0) is 24.0. The smallest absolute Gasteiger partial charge is 0.260 e. The van der Waals surface area contributed by atoms with E-state index in [1.54, 1.807) is 23.1 Å². The fourth-order valence-corrected chi connectivity index (χ4v) is 5.02. The third-order valence-electron chi connectivity index (χ3n) is 6.80. The number of likely N-dealkylation sites (tertiary alicyclic amines) is 1. The first-order valence-corrected chi connectivity index (χ1v) is 11.6. The third-order valence-corrected chi connectivity index (χ3v) is 6.80. The first-order valence-electron chi connectivity index (χ1n) is 11.6. The number of aliphatic hydroxyl groups is 1. The molecule has 2 amide bonds. The predicted molar refractivity (Wildman–Crippen MR) is 127 cm³/mol. The van der Waals surface area contributed by atoms with Crippen molar-refractivity contribution in [2.24, 2.45) is 0 Å². The van der Waals surface area contributed by atoms with Crippen LogP contribution in [0, 0.1) is 5.82 Å². The number of piperidine rings is 1. The van der Waals surface area contributed by atoms with Crippen LogP contribution in [0.3, 0.4) is 0 Å². The number of fused-ring (bicyclic) bond motifs is 1. The first-order chi connectivity index (χ1) is 16.3. The molecule has 7 heteroatoms. The molecule has 2 aromatic carbocycles. The minimum Gasteiger partial charge on any atom is -0.482 e. The van der Waals surface area contributed by atoms with Gasteiger partial charge in [-0.15, -0.1) is 0 Å². The van der Waals surface area contributed by atoms with Crippen LogP contribution in [0.25, 0.3) is 11.1 Å². The number of aliphatic hydroxyl groups excluding tert-OH is 1. The lowest BCUT2D eigenvalue weighted by molar-refractivity contribution is -0.111. The monoisotopic (exact) mass is 462 g/mol. The Morgan fingerprint density at radius 3 is 2.71 bits per heavy atom. The van der Waals surface area contributed by atoms with E-state index in [1.165, 1.54) is 12.1 Å². The van der Waals surface area contributed by atoms with E-state index < -0.39 is 11.4 Å². The first kappa shape index (κ1) is 22.3. The number of ether oxygens (including phenoxy) is 1. The number of anilines is 1. The quantitative estimate of drug-likeness (QED) is 0.664. The number of hydrogen-bond acceptors (Lipinski definition) is 4. The third kappa shape index (κ3) is 3.80. The van der Waals surface area contributed by atoms with Gasteiger partial charge in [0.1, 0.15) is 17.2 Å². The molecule has 176 valence electrons. The second-order valence-electron chi connectivity index (χ2n) is 9.46. The lowest BCUT2D eigenvalue weighted by Gasteiger charge is -2.34. The maximum absolute atomic E-state index is 13.6. The van der Waals surface area contributed by atoms with Crippen molar-refractivity contribution in [1.82, 2.24) is 4.90 Å². The van der Waals surface area contributed by atoms with Crippen molar-refractivity contribution < 1.29 is 23.8 Å². The summed E-state index contributed by atoms with van der Waals surface area (Å²) in [6.45, 7) is 4.47. The molecular formula is C27H27FN2O4. The molecule has 1 atom stereocenters. The number of allylic oxidation sites excluding steroid dienone is 1. The molecule has 0 aromatic heterocycles. The summed E-state index contributed by atoms with van der Waals surface area (Å²) in [4.78, 5) is 27.4. The molecule has 1 unspecified atom stereocenters. The Labute approximate surface area is 197 Å². The van der Waals surface area contributed by atoms with Crippen LogP contribution in [0.4, 0.5) is 10.1 Å². The normalized spacial score (nSPS) is 23.3. The summed E-state index contributed by atoms with van der Waals surface area (Å²) in [7, 11) is 0. The number of carbonyl (C=O) groups excluding carboxylic acids is 2. The van der Waals surface area contributed by atoms with Crippen molar-refractivity contribution in [3.63, 3.8) is 0 Å². The van der Waals surface area contributed by atoms with Crippen LogP contribution in [0.15, 0.2) is 54.3 Å². The summed E-state index contributed by atoms with van der Waals surface area (Å²) in [6, 6.07) is 11.4. The van der Waals surface area contributed by atoms with Gasteiger partial charge in [0.25, 0.3) is 11.8 Å². The van der Waals surface area contributed by atoms with E-state index in [2.05, 4.69) is 5.32 Å². The number of nitrogens with one attached hydrogen (secondary N) is 1. The molecule has 3 aliphatic rings. The molecular weight excluding hydrogens is 435 g/mol. The number of rotatable bonds is 3. The Balaban J connectivity index is 1.46. The summed E-state index contributed by atoms with van der Waals surface area (Å²) in [5.41, 5.74) is 3.05. The average Bonchev–Trinajstić information content (AvgIpc) is 3.32. The zero-order valence-electron chi connectivity index (χ0n) is 19.2. The van der Waals surface area contributed by atoms with Crippen LogP contribution in [-0.2, 0) is 9.53 Å². The van der Waals surface area contributed by atoms with Crippen molar-refractivity contribution in [1.29, 1.82) is 0 Å². The minimum absolute atomic E-state index is 0.0248. The minimum atomic E-state index is -0.703. The zero-order valence-corrected chi connectivity index (χ0v) is 19.2. The van der Waals surface area contributed by atoms with E-state index >= 15 is 0 Å². The SMILES string of the molecule is CC1(C)O/C(=C2/C(=O)Nc3cc(F)ccc32)C=C1c1ccc(C(=O)N2CCCCC2CO)cc1. The number of carbonyl (C=O) groups is 2. The number of amides is 2. The molecule has 0 saturated carbocycles. The fourth-order valence-electron chi connectivity index (χ4n) is 5.02. The molecule has 2 aromatic rings. The van der Waals surface area contributed by atoms with Crippen molar-refractivity contribution in [2.45, 2.75) is 44.8 Å². The Morgan fingerprint density at radius 1 is 1.21 bits per heavy atom. The van der Waals surface area contributed by atoms with Crippen LogP contribution < -0.4 is 5.32 Å². The summed E-state index contributed by atoms with van der Waals surface area (Å²) in [5.74, 6) is -0.388. The van der Waals surface area contributed by atoms with Gasteiger partial charge >= 0.3 is 0 Å². The molecule has 0 spiro atoms. The van der Waals surface area contributed by atoms with Gasteiger partial charge in [-0.1, -0.05) is 12.1 Å². The van der Waals surface area contributed by atoms with Gasteiger partial charge in [0.05, 0.1) is 23.9 Å². The van der Waals surface area contributed by atoms with Crippen molar-refractivity contribution in [3.05, 3.63) is 76.8 Å². The second-order valence-corrected chi connectivity index (χ2v) is 9.46. The van der Waals surface area contributed by atoms with Gasteiger partial charge in [0.2, 0.25) is 0 Å². The molecule has 3 heterocycles. The number of hydrogen-bond donors (Lipinski definition) is 2. The fraction of sp³-hybridized carbons (Fsp3) is 0.333. The van der Waals surface area contributed by atoms with Crippen LogP contribution >= 0.6 is 0 Å². The van der Waals surface area contributed by atoms with Crippen molar-refractivity contribution >= 4 is 28.6 Å². The standard InChI is InChI=1S/C27H27FN2O4/c1-27(2)21(14-23(34-27)24-20-11-10-18(28)13-22(20)29-25(24)32)16-6-8-17(9-7-16)26(33)30-12-4-3-5-19(30)15-31/h6-11,13-14,19,31H,3-5,12,15H2,1-2H3,(H,29,32)/b24-23+. The Bertz CT molecular complexity index is 1230. The van der Waals surface area contributed by atoms with Gasteiger partial charge < -0.3 is 20.1 Å². The number of nitrogens with zero attached hydrogens (tertiary/aromatic N) is 1. The lowest BCUT2D eigenvalue weighted by atomic mass is 9.91. The van der Waals surface area contributed by atoms with E-state index in [9.17, 15) is 19.1 Å². The predicted octanol–water partition coefficient (Wildman–Crippen LogP) is 4.37. The Hall–Kier alpha value is -3.45. The van der Waals surface area contributed by atoms with Crippen LogP contribution in [0.1, 0.15) is 54.6 Å². The van der Waals surface area contributed by atoms with Gasteiger partial charge in [-0.05, 0) is 75.1 Å². The number of benzene rings is 2. The highest BCUT2D eigenvalue weighted by Crippen LogP contribution is 2.44. The van der Waals surface area contributed by atoms with Crippen LogP contribution in [0.2, 0.25) is 0 Å². The van der Waals surface area contributed by atoms with Gasteiger partial charge in [0.15, 0.2) is 0 Å². The molecule has 0 bridgehead atoms. The lowest BCUT2D eigenvalue weighted by Crippen LogP contribution is -2.45. The largest absolute Gasteiger partial charge is 0.482 e. The molecule has 3 aliphatic heterocycles. The van der Waals surface area contributed by atoms with Crippen LogP contribution in [0.5, 0.6) is 0 Å². The van der Waals surface area contributed by atoms with E-state index in [0.717, 1.165) is 30.4 Å². The highest BCUT2D eigenvalue weighted by atomic mass is 19.1. The molecule has 0 aliphatic carbocycles.